The van der Waals surface area contributed by atoms with Crippen LogP contribution in [-0.4, -0.2) is 3.21 Å². The van der Waals surface area contributed by atoms with Crippen LogP contribution in [0.25, 0.3) is 16.7 Å². The maximum Gasteiger partial charge on any atom is -1.00 e. The summed E-state index contributed by atoms with van der Waals surface area (Å²) in [5.41, 5.74) is 12.8. The molecule has 4 aromatic carbocycles. The molecule has 0 aliphatic heterocycles. The third kappa shape index (κ3) is 6.74. The van der Waals surface area contributed by atoms with Crippen LogP contribution >= 0.6 is 0 Å². The summed E-state index contributed by atoms with van der Waals surface area (Å²) in [6, 6.07) is 38.8. The molecule has 244 valence electrons. The average molecular weight is 751 g/mol. The topological polar surface area (TPSA) is 13.1 Å². The SMILES string of the molecule is CC1C=C(c2ccco2)C=[C]1[Zr+2](=[C](c1ccccc1)c1ccccc1)[c]1c(C(C)(C)C)ccc2c1Cc1cc(C(C)(C)C)ccc1-2.[Cl-].[Cl-]. The van der Waals surface area contributed by atoms with Crippen LogP contribution in [0.4, 0.5) is 0 Å². The van der Waals surface area contributed by atoms with Crippen molar-refractivity contribution in [1.29, 1.82) is 0 Å². The van der Waals surface area contributed by atoms with E-state index in [4.69, 9.17) is 4.42 Å². The Hall–Kier alpha value is -3.03. The van der Waals surface area contributed by atoms with E-state index in [0.717, 1.165) is 12.2 Å². The molecule has 4 heteroatoms. The van der Waals surface area contributed by atoms with Gasteiger partial charge in [-0.2, -0.15) is 0 Å². The number of fused-ring (bicyclic) bond motifs is 3. The van der Waals surface area contributed by atoms with E-state index in [0.29, 0.717) is 5.92 Å². The Morgan fingerprint density at radius 3 is 1.90 bits per heavy atom. The molecule has 1 nitrogen and oxygen atoms in total. The van der Waals surface area contributed by atoms with E-state index in [1.54, 1.807) is 21.6 Å². The Morgan fingerprint density at radius 1 is 0.708 bits per heavy atom. The molecule has 48 heavy (non-hydrogen) atoms. The number of hydrogen-bond acceptors (Lipinski definition) is 1. The Kier molecular flexibility index (Phi) is 10.6. The van der Waals surface area contributed by atoms with Gasteiger partial charge in [-0.15, -0.1) is 0 Å². The van der Waals surface area contributed by atoms with Gasteiger partial charge in [0.05, 0.1) is 0 Å². The van der Waals surface area contributed by atoms with Crippen molar-refractivity contribution in [2.75, 3.05) is 0 Å². The van der Waals surface area contributed by atoms with Crippen LogP contribution in [-0.2, 0) is 38.5 Å². The van der Waals surface area contributed by atoms with Gasteiger partial charge in [0.1, 0.15) is 0 Å². The molecular weight excluding hydrogens is 707 g/mol. The molecule has 1 atom stereocenters. The summed E-state index contributed by atoms with van der Waals surface area (Å²) in [6.45, 7) is 16.6. The second-order valence-electron chi connectivity index (χ2n) is 15.0. The zero-order valence-electron chi connectivity index (χ0n) is 29.0. The summed E-state index contributed by atoms with van der Waals surface area (Å²) in [4.78, 5) is 0. The molecule has 5 aromatic rings. The third-order valence-corrected chi connectivity index (χ3v) is 17.9. The summed E-state index contributed by atoms with van der Waals surface area (Å²) >= 11 is -2.98. The van der Waals surface area contributed by atoms with Gasteiger partial charge >= 0.3 is 284 Å². The molecule has 0 spiro atoms. The standard InChI is InChI=1S/C21H25.C13H10.C10H9O.2ClH.Zr/c1-20(2,3)16-7-9-18-14(12-16)11-15-13-17(21(4,5)6)8-10-19(15)18;1-3-7-12(8-4-1)11-13-9-5-2-6-10-13;1-8-4-5-9(7-8)10-3-2-6-11-10;;;/h7-10,12H,11H2,1-6H3;1-10H;2-3,5-8H,1H3;2*1H;/q;;;;;+2/p-2. The first-order valence-corrected chi connectivity index (χ1v) is 20.3. The summed E-state index contributed by atoms with van der Waals surface area (Å²) in [6.07, 6.45) is 7.74. The van der Waals surface area contributed by atoms with Gasteiger partial charge in [-0.25, -0.2) is 0 Å². The van der Waals surface area contributed by atoms with Crippen LogP contribution in [0.5, 0.6) is 0 Å². The first kappa shape index (κ1) is 36.3. The van der Waals surface area contributed by atoms with Crippen molar-refractivity contribution < 1.29 is 50.5 Å². The van der Waals surface area contributed by atoms with Crippen LogP contribution in [0.2, 0.25) is 0 Å². The molecule has 7 rings (SSSR count). The summed E-state index contributed by atoms with van der Waals surface area (Å²) in [7, 11) is 0. The van der Waals surface area contributed by atoms with Gasteiger partial charge in [0, 0.05) is 0 Å². The van der Waals surface area contributed by atoms with Crippen molar-refractivity contribution >= 4 is 12.1 Å². The smallest absolute Gasteiger partial charge is 1.00 e. The van der Waals surface area contributed by atoms with E-state index in [2.05, 4.69) is 158 Å². The summed E-state index contributed by atoms with van der Waals surface area (Å²) in [5, 5.41) is 0. The molecule has 1 heterocycles. The predicted molar refractivity (Wildman–Crippen MR) is 192 cm³/mol. The number of rotatable bonds is 5. The number of benzene rings is 4. The normalized spacial score (nSPS) is 14.8. The first-order valence-electron chi connectivity index (χ1n) is 16.6. The van der Waals surface area contributed by atoms with Gasteiger partial charge in [0.25, 0.3) is 0 Å². The van der Waals surface area contributed by atoms with E-state index in [1.165, 1.54) is 44.5 Å². The minimum Gasteiger partial charge on any atom is -1.00 e. The number of halogens is 2. The zero-order chi connectivity index (χ0) is 32.2. The van der Waals surface area contributed by atoms with E-state index in [9.17, 15) is 0 Å². The second kappa shape index (κ2) is 14.1. The predicted octanol–water partition coefficient (Wildman–Crippen LogP) is 4.58. The molecule has 1 unspecified atom stereocenters. The van der Waals surface area contributed by atoms with E-state index < -0.39 is 21.3 Å². The van der Waals surface area contributed by atoms with Gasteiger partial charge in [-0.1, -0.05) is 0 Å². The fourth-order valence-corrected chi connectivity index (χ4v) is 16.7. The Balaban J connectivity index is 0.00000225. The number of hydrogen-bond donors (Lipinski definition) is 0. The molecule has 0 N–H and O–H groups in total. The Bertz CT molecular complexity index is 1980. The molecule has 0 radical (unpaired) electrons. The van der Waals surface area contributed by atoms with Crippen LogP contribution in [0, 0.1) is 5.92 Å². The first-order chi connectivity index (χ1) is 22.0. The van der Waals surface area contributed by atoms with Gasteiger partial charge < -0.3 is 24.8 Å². The van der Waals surface area contributed by atoms with Gasteiger partial charge in [0.15, 0.2) is 0 Å². The largest absolute Gasteiger partial charge is 1.00 e. The summed E-state index contributed by atoms with van der Waals surface area (Å²) < 4.78 is 10.8. The molecular formula is C44H44Cl2OZr. The van der Waals surface area contributed by atoms with Crippen molar-refractivity contribution in [3.8, 4) is 11.1 Å². The van der Waals surface area contributed by atoms with Gasteiger partial charge in [0.2, 0.25) is 0 Å². The molecule has 1 aromatic heterocycles. The van der Waals surface area contributed by atoms with Crippen LogP contribution in [0.1, 0.15) is 87.6 Å². The van der Waals surface area contributed by atoms with Crippen molar-refractivity contribution in [2.24, 2.45) is 5.92 Å². The van der Waals surface area contributed by atoms with E-state index >= 15 is 0 Å². The van der Waals surface area contributed by atoms with E-state index in [1.807, 2.05) is 6.07 Å². The van der Waals surface area contributed by atoms with Crippen molar-refractivity contribution in [2.45, 2.75) is 65.7 Å². The summed E-state index contributed by atoms with van der Waals surface area (Å²) in [5.74, 6) is 1.29. The third-order valence-electron chi connectivity index (χ3n) is 9.70. The fourth-order valence-electron chi connectivity index (χ4n) is 7.33. The molecule has 0 fully saturated rings. The van der Waals surface area contributed by atoms with Crippen molar-refractivity contribution in [3.63, 3.8) is 0 Å². The van der Waals surface area contributed by atoms with Crippen LogP contribution in [0.15, 0.2) is 129 Å². The average Bonchev–Trinajstić information content (AvgIpc) is 3.78. The maximum absolute atomic E-state index is 5.96. The second-order valence-corrected chi connectivity index (χ2v) is 20.8. The number of allylic oxidation sites excluding steroid dienone is 4. The molecule has 2 aliphatic rings. The molecule has 2 aliphatic carbocycles. The van der Waals surface area contributed by atoms with Crippen LogP contribution < -0.4 is 28.1 Å². The molecule has 0 amide bonds. The molecule has 0 saturated carbocycles. The van der Waals surface area contributed by atoms with Gasteiger partial charge in [-0.3, -0.25) is 0 Å². The van der Waals surface area contributed by atoms with Crippen molar-refractivity contribution in [1.82, 2.24) is 0 Å². The minimum absolute atomic E-state index is 0. The molecule has 0 bridgehead atoms. The fraction of sp³-hybridized carbons (Fsp3) is 0.250. The Labute approximate surface area is 307 Å². The van der Waals surface area contributed by atoms with Crippen LogP contribution in [0.3, 0.4) is 0 Å². The minimum atomic E-state index is -2.98. The maximum atomic E-state index is 5.96. The monoisotopic (exact) mass is 748 g/mol. The Morgan fingerprint density at radius 2 is 1.33 bits per heavy atom. The van der Waals surface area contributed by atoms with Gasteiger partial charge in [-0.05, 0) is 0 Å². The zero-order valence-corrected chi connectivity index (χ0v) is 33.0. The molecule has 0 saturated heterocycles. The van der Waals surface area contributed by atoms with E-state index in [-0.39, 0.29) is 35.6 Å². The quantitative estimate of drug-likeness (QED) is 0.252. The number of furan rings is 1. The van der Waals surface area contributed by atoms with Crippen molar-refractivity contribution in [3.05, 3.63) is 164 Å².